The smallest absolute Gasteiger partial charge is 0.256 e. The van der Waals surface area contributed by atoms with Crippen molar-refractivity contribution in [2.75, 3.05) is 18.8 Å². The molecule has 28 heavy (non-hydrogen) atoms. The van der Waals surface area contributed by atoms with Gasteiger partial charge in [0.05, 0.1) is 16.9 Å². The first-order chi connectivity index (χ1) is 13.7. The molecule has 1 aliphatic carbocycles. The standard InChI is InChI=1S/C20H21N7O/c21-19-22-10-14-6-8-20(17(14)25-19)7-3-9-26(11-20)18(28)15-4-1-2-5-16(15)27-12-23-24-13-27/h1-2,4-5,10,12-13H,3,6-9,11H2,(H2,21,22,25). The van der Waals surface area contributed by atoms with Crippen LogP contribution in [0, 0.1) is 0 Å². The zero-order valence-corrected chi connectivity index (χ0v) is 15.5. The third kappa shape index (κ3) is 2.64. The Morgan fingerprint density at radius 3 is 2.82 bits per heavy atom. The molecule has 3 heterocycles. The first kappa shape index (κ1) is 16.9. The van der Waals surface area contributed by atoms with Crippen LogP contribution in [0.2, 0.25) is 0 Å². The number of nitrogen functional groups attached to an aromatic ring is 1. The molecule has 3 aromatic rings. The molecule has 2 N–H and O–H groups in total. The highest BCUT2D eigenvalue weighted by atomic mass is 16.2. The van der Waals surface area contributed by atoms with Crippen LogP contribution in [0.25, 0.3) is 5.69 Å². The van der Waals surface area contributed by atoms with Crippen molar-refractivity contribution in [3.8, 4) is 5.69 Å². The van der Waals surface area contributed by atoms with Gasteiger partial charge in [-0.05, 0) is 43.4 Å². The lowest BCUT2D eigenvalue weighted by atomic mass is 9.77. The molecule has 1 atom stereocenters. The summed E-state index contributed by atoms with van der Waals surface area (Å²) in [6.45, 7) is 1.40. The summed E-state index contributed by atoms with van der Waals surface area (Å²) in [5, 5.41) is 7.73. The van der Waals surface area contributed by atoms with E-state index in [0.29, 0.717) is 18.1 Å². The summed E-state index contributed by atoms with van der Waals surface area (Å²) in [6, 6.07) is 7.58. The molecule has 8 heteroatoms. The van der Waals surface area contributed by atoms with Crippen molar-refractivity contribution in [1.29, 1.82) is 0 Å². The lowest BCUT2D eigenvalue weighted by Gasteiger charge is -2.40. The lowest BCUT2D eigenvalue weighted by Crippen LogP contribution is -2.48. The number of likely N-dealkylation sites (tertiary alicyclic amines) is 1. The number of nitrogens with zero attached hydrogens (tertiary/aromatic N) is 6. The molecule has 0 saturated carbocycles. The van der Waals surface area contributed by atoms with Crippen molar-refractivity contribution in [1.82, 2.24) is 29.6 Å². The monoisotopic (exact) mass is 375 g/mol. The van der Waals surface area contributed by atoms with E-state index in [9.17, 15) is 4.79 Å². The van der Waals surface area contributed by atoms with E-state index in [-0.39, 0.29) is 11.3 Å². The van der Waals surface area contributed by atoms with Crippen LogP contribution in [0.1, 0.15) is 40.9 Å². The van der Waals surface area contributed by atoms with Gasteiger partial charge in [0.25, 0.3) is 5.91 Å². The highest BCUT2D eigenvalue weighted by molar-refractivity contribution is 5.98. The predicted molar refractivity (Wildman–Crippen MR) is 103 cm³/mol. The van der Waals surface area contributed by atoms with Crippen molar-refractivity contribution in [2.24, 2.45) is 0 Å². The predicted octanol–water partition coefficient (Wildman–Crippen LogP) is 1.76. The first-order valence-electron chi connectivity index (χ1n) is 9.51. The highest BCUT2D eigenvalue weighted by Gasteiger charge is 2.45. The number of aromatic nitrogens is 5. The molecule has 1 fully saturated rings. The quantitative estimate of drug-likeness (QED) is 0.732. The summed E-state index contributed by atoms with van der Waals surface area (Å²) in [5.74, 6) is 0.334. The number of fused-ring (bicyclic) bond motifs is 2. The molecule has 5 rings (SSSR count). The van der Waals surface area contributed by atoms with Gasteiger partial charge in [-0.3, -0.25) is 9.36 Å². The Morgan fingerprint density at radius 2 is 1.96 bits per heavy atom. The minimum absolute atomic E-state index is 0.0267. The second-order valence-electron chi connectivity index (χ2n) is 7.60. The van der Waals surface area contributed by atoms with Gasteiger partial charge >= 0.3 is 0 Å². The fourth-order valence-corrected chi connectivity index (χ4v) is 4.63. The van der Waals surface area contributed by atoms with Gasteiger partial charge in [0.1, 0.15) is 12.7 Å². The van der Waals surface area contributed by atoms with Gasteiger partial charge in [0.15, 0.2) is 0 Å². The molecule has 1 unspecified atom stereocenters. The van der Waals surface area contributed by atoms with Gasteiger partial charge in [-0.2, -0.15) is 0 Å². The Labute approximate surface area is 162 Å². The molecule has 1 saturated heterocycles. The van der Waals surface area contributed by atoms with Crippen LogP contribution in [0.15, 0.2) is 43.1 Å². The van der Waals surface area contributed by atoms with Crippen LogP contribution in [0.4, 0.5) is 5.95 Å². The summed E-state index contributed by atoms with van der Waals surface area (Å²) < 4.78 is 1.77. The molecule has 1 spiro atoms. The topological polar surface area (TPSA) is 103 Å². The number of amides is 1. The van der Waals surface area contributed by atoms with E-state index >= 15 is 0 Å². The number of anilines is 1. The number of aryl methyl sites for hydroxylation is 1. The van der Waals surface area contributed by atoms with Crippen LogP contribution >= 0.6 is 0 Å². The number of hydrogen-bond donors (Lipinski definition) is 1. The molecule has 2 aromatic heterocycles. The zero-order chi connectivity index (χ0) is 19.1. The number of nitrogens with two attached hydrogens (primary N) is 1. The summed E-state index contributed by atoms with van der Waals surface area (Å²) in [6.07, 6.45) is 8.95. The Hall–Kier alpha value is -3.29. The molecule has 1 amide bonds. The SMILES string of the molecule is Nc1ncc2c(n1)C1(CCCN(C(=O)c3ccccc3-n3cnnc3)C1)CC2. The van der Waals surface area contributed by atoms with Gasteiger partial charge in [-0.1, -0.05) is 12.1 Å². The van der Waals surface area contributed by atoms with Crippen molar-refractivity contribution in [3.05, 3.63) is 59.9 Å². The first-order valence-corrected chi connectivity index (χ1v) is 9.51. The number of para-hydroxylation sites is 1. The van der Waals surface area contributed by atoms with E-state index in [1.807, 2.05) is 35.4 Å². The van der Waals surface area contributed by atoms with Crippen LogP contribution in [0.5, 0.6) is 0 Å². The van der Waals surface area contributed by atoms with Crippen LogP contribution in [-0.2, 0) is 11.8 Å². The molecule has 142 valence electrons. The van der Waals surface area contributed by atoms with Crippen LogP contribution < -0.4 is 5.73 Å². The Morgan fingerprint density at radius 1 is 1.14 bits per heavy atom. The lowest BCUT2D eigenvalue weighted by molar-refractivity contribution is 0.0633. The Bertz CT molecular complexity index is 1030. The summed E-state index contributed by atoms with van der Waals surface area (Å²) >= 11 is 0. The zero-order valence-electron chi connectivity index (χ0n) is 15.5. The number of piperidine rings is 1. The van der Waals surface area contributed by atoms with Gasteiger partial charge < -0.3 is 10.6 Å². The van der Waals surface area contributed by atoms with Crippen LogP contribution in [0.3, 0.4) is 0 Å². The van der Waals surface area contributed by atoms with Gasteiger partial charge in [-0.15, -0.1) is 10.2 Å². The van der Waals surface area contributed by atoms with E-state index in [1.165, 1.54) is 0 Å². The molecule has 1 aliphatic heterocycles. The van der Waals surface area contributed by atoms with E-state index in [1.54, 1.807) is 17.2 Å². The maximum atomic E-state index is 13.4. The van der Waals surface area contributed by atoms with E-state index in [2.05, 4.69) is 20.2 Å². The second kappa shape index (κ2) is 6.40. The van der Waals surface area contributed by atoms with Crippen molar-refractivity contribution >= 4 is 11.9 Å². The molecule has 0 radical (unpaired) electrons. The minimum Gasteiger partial charge on any atom is -0.368 e. The van der Waals surface area contributed by atoms with Crippen molar-refractivity contribution in [3.63, 3.8) is 0 Å². The van der Waals surface area contributed by atoms with Gasteiger partial charge in [-0.25, -0.2) is 9.97 Å². The van der Waals surface area contributed by atoms with Crippen molar-refractivity contribution < 1.29 is 4.79 Å². The average molecular weight is 375 g/mol. The van der Waals surface area contributed by atoms with E-state index in [0.717, 1.165) is 49.2 Å². The normalized spacial score (nSPS) is 21.1. The molecule has 8 nitrogen and oxygen atoms in total. The van der Waals surface area contributed by atoms with Gasteiger partial charge in [0, 0.05) is 24.7 Å². The summed E-state index contributed by atoms with van der Waals surface area (Å²) in [7, 11) is 0. The highest BCUT2D eigenvalue weighted by Crippen LogP contribution is 2.44. The van der Waals surface area contributed by atoms with Gasteiger partial charge in [0.2, 0.25) is 5.95 Å². The maximum Gasteiger partial charge on any atom is 0.256 e. The van der Waals surface area contributed by atoms with Crippen LogP contribution in [-0.4, -0.2) is 48.6 Å². The fraction of sp³-hybridized carbons (Fsp3) is 0.350. The molecule has 2 aliphatic rings. The summed E-state index contributed by atoms with van der Waals surface area (Å²) in [4.78, 5) is 24.1. The molecule has 0 bridgehead atoms. The third-order valence-corrected chi connectivity index (χ3v) is 5.95. The number of rotatable bonds is 2. The number of carbonyl (C=O) groups excluding carboxylic acids is 1. The number of carbonyl (C=O) groups is 1. The summed E-state index contributed by atoms with van der Waals surface area (Å²) in [5.41, 5.74) is 9.38. The number of hydrogen-bond acceptors (Lipinski definition) is 6. The fourth-order valence-electron chi connectivity index (χ4n) is 4.63. The number of benzene rings is 1. The van der Waals surface area contributed by atoms with Crippen molar-refractivity contribution in [2.45, 2.75) is 31.1 Å². The maximum absolute atomic E-state index is 13.4. The van der Waals surface area contributed by atoms with E-state index in [4.69, 9.17) is 5.73 Å². The largest absolute Gasteiger partial charge is 0.368 e. The average Bonchev–Trinajstić information content (AvgIpc) is 3.37. The minimum atomic E-state index is -0.119. The molecular formula is C20H21N7O. The molecular weight excluding hydrogens is 354 g/mol. The second-order valence-corrected chi connectivity index (χ2v) is 7.60. The Balaban J connectivity index is 1.48. The van der Waals surface area contributed by atoms with E-state index < -0.39 is 0 Å². The molecule has 1 aromatic carbocycles. The Kier molecular flexibility index (Phi) is 3.85. The third-order valence-electron chi connectivity index (χ3n) is 5.95.